The van der Waals surface area contributed by atoms with Crippen LogP contribution in [0.3, 0.4) is 0 Å². The van der Waals surface area contributed by atoms with Gasteiger partial charge in [0.05, 0.1) is 5.52 Å². The molecule has 0 unspecified atom stereocenters. The molecule has 0 atom stereocenters. The molecule has 1 aromatic carbocycles. The van der Waals surface area contributed by atoms with E-state index in [-0.39, 0.29) is 0 Å². The second kappa shape index (κ2) is 6.73. The second-order valence-electron chi connectivity index (χ2n) is 5.92. The van der Waals surface area contributed by atoms with Crippen LogP contribution in [0.25, 0.3) is 10.9 Å². The Balaban J connectivity index is 1.68. The third kappa shape index (κ3) is 3.54. The Morgan fingerprint density at radius 3 is 2.81 bits per heavy atom. The molecule has 2 aromatic rings. The Bertz CT molecular complexity index is 609. The van der Waals surface area contributed by atoms with E-state index in [1.165, 1.54) is 0 Å². The predicted octanol–water partition coefficient (Wildman–Crippen LogP) is 3.53. The smallest absolute Gasteiger partial charge is 0.0747 e. The molecule has 0 saturated heterocycles. The van der Waals surface area contributed by atoms with Crippen molar-refractivity contribution in [2.24, 2.45) is 5.92 Å². The molecule has 3 nitrogen and oxygen atoms in total. The van der Waals surface area contributed by atoms with Crippen LogP contribution < -0.4 is 5.32 Å². The van der Waals surface area contributed by atoms with Crippen molar-refractivity contribution in [3.05, 3.63) is 41.0 Å². The fourth-order valence-electron chi connectivity index (χ4n) is 3.17. The van der Waals surface area contributed by atoms with Gasteiger partial charge in [0, 0.05) is 35.8 Å². The molecule has 1 saturated carbocycles. The van der Waals surface area contributed by atoms with E-state index in [0.29, 0.717) is 18.6 Å². The lowest BCUT2D eigenvalue weighted by Gasteiger charge is -2.28. The van der Waals surface area contributed by atoms with Crippen molar-refractivity contribution in [3.63, 3.8) is 0 Å². The molecule has 0 radical (unpaired) electrons. The number of benzene rings is 1. The van der Waals surface area contributed by atoms with Crippen molar-refractivity contribution in [2.45, 2.75) is 38.3 Å². The van der Waals surface area contributed by atoms with Crippen LogP contribution in [0.1, 0.15) is 31.2 Å². The Morgan fingerprint density at radius 1 is 1.24 bits per heavy atom. The average molecular weight is 305 g/mol. The molecule has 1 fully saturated rings. The fourth-order valence-corrected chi connectivity index (χ4v) is 3.41. The van der Waals surface area contributed by atoms with Gasteiger partial charge in [-0.1, -0.05) is 17.7 Å². The number of fused-ring (bicyclic) bond motifs is 1. The van der Waals surface area contributed by atoms with Crippen molar-refractivity contribution in [1.29, 1.82) is 0 Å². The summed E-state index contributed by atoms with van der Waals surface area (Å²) in [5.74, 6) is 0.497. The minimum absolute atomic E-state index is 0.329. The highest BCUT2D eigenvalue weighted by molar-refractivity contribution is 6.31. The molecule has 112 valence electrons. The van der Waals surface area contributed by atoms with E-state index < -0.39 is 0 Å². The lowest BCUT2D eigenvalue weighted by molar-refractivity contribution is 0.175. The van der Waals surface area contributed by atoms with E-state index in [2.05, 4.69) is 10.3 Å². The van der Waals surface area contributed by atoms with E-state index in [9.17, 15) is 5.11 Å². The molecule has 4 heteroatoms. The van der Waals surface area contributed by atoms with Crippen molar-refractivity contribution in [3.8, 4) is 0 Å². The molecule has 21 heavy (non-hydrogen) atoms. The number of nitrogens with one attached hydrogen (secondary N) is 1. The molecule has 0 bridgehead atoms. The van der Waals surface area contributed by atoms with Crippen molar-refractivity contribution < 1.29 is 5.11 Å². The maximum atomic E-state index is 9.19. The Morgan fingerprint density at radius 2 is 2.05 bits per heavy atom. The highest BCUT2D eigenvalue weighted by Crippen LogP contribution is 2.25. The van der Waals surface area contributed by atoms with Crippen LogP contribution in [0.5, 0.6) is 0 Å². The van der Waals surface area contributed by atoms with E-state index in [0.717, 1.165) is 53.7 Å². The van der Waals surface area contributed by atoms with E-state index in [1.807, 2.05) is 30.5 Å². The summed E-state index contributed by atoms with van der Waals surface area (Å²) < 4.78 is 0. The molecule has 0 aliphatic heterocycles. The van der Waals surface area contributed by atoms with Crippen LogP contribution in [0.2, 0.25) is 5.02 Å². The summed E-state index contributed by atoms with van der Waals surface area (Å²) in [7, 11) is 0. The average Bonchev–Trinajstić information content (AvgIpc) is 2.53. The number of halogens is 1. The zero-order valence-electron chi connectivity index (χ0n) is 12.1. The third-order valence-corrected chi connectivity index (χ3v) is 4.65. The summed E-state index contributed by atoms with van der Waals surface area (Å²) in [6, 6.07) is 8.48. The van der Waals surface area contributed by atoms with Crippen LogP contribution in [0.15, 0.2) is 30.5 Å². The number of aliphatic hydroxyl groups excluding tert-OH is 1. The van der Waals surface area contributed by atoms with Crippen LogP contribution in [0, 0.1) is 5.92 Å². The van der Waals surface area contributed by atoms with Crippen molar-refractivity contribution >= 4 is 22.5 Å². The molecule has 2 N–H and O–H groups in total. The standard InChI is InChI=1S/C17H21ClN2O/c18-15-8-13-2-1-7-19-17(13)14(9-15)10-20-16-5-3-12(11-21)4-6-16/h1-2,7-9,12,16,20-21H,3-6,10-11H2. The molecule has 1 heterocycles. The first-order chi connectivity index (χ1) is 10.3. The second-order valence-corrected chi connectivity index (χ2v) is 6.36. The Kier molecular flexibility index (Phi) is 4.73. The normalized spacial score (nSPS) is 22.6. The zero-order valence-corrected chi connectivity index (χ0v) is 12.8. The minimum atomic E-state index is 0.329. The highest BCUT2D eigenvalue weighted by Gasteiger charge is 2.20. The quantitative estimate of drug-likeness (QED) is 0.908. The SMILES string of the molecule is OCC1CCC(NCc2cc(Cl)cc3cccnc23)CC1. The van der Waals surface area contributed by atoms with Gasteiger partial charge in [0.2, 0.25) is 0 Å². The molecule has 0 amide bonds. The number of nitrogens with zero attached hydrogens (tertiary/aromatic N) is 1. The van der Waals surface area contributed by atoms with Gasteiger partial charge >= 0.3 is 0 Å². The van der Waals surface area contributed by atoms with Gasteiger partial charge in [0.15, 0.2) is 0 Å². The number of hydrogen-bond donors (Lipinski definition) is 2. The topological polar surface area (TPSA) is 45.1 Å². The number of hydrogen-bond acceptors (Lipinski definition) is 3. The van der Waals surface area contributed by atoms with E-state index >= 15 is 0 Å². The lowest BCUT2D eigenvalue weighted by Crippen LogP contribution is -2.33. The van der Waals surface area contributed by atoms with Gasteiger partial charge in [-0.15, -0.1) is 0 Å². The van der Waals surface area contributed by atoms with Crippen molar-refractivity contribution in [2.75, 3.05) is 6.61 Å². The van der Waals surface area contributed by atoms with Gasteiger partial charge in [-0.05, 0) is 55.4 Å². The van der Waals surface area contributed by atoms with E-state index in [4.69, 9.17) is 11.6 Å². The monoisotopic (exact) mass is 304 g/mol. The van der Waals surface area contributed by atoms with E-state index in [1.54, 1.807) is 0 Å². The van der Waals surface area contributed by atoms with Crippen molar-refractivity contribution in [1.82, 2.24) is 10.3 Å². The molecule has 0 spiro atoms. The molecule has 1 aromatic heterocycles. The lowest BCUT2D eigenvalue weighted by atomic mass is 9.86. The van der Waals surface area contributed by atoms with Crippen LogP contribution >= 0.6 is 11.6 Å². The third-order valence-electron chi connectivity index (χ3n) is 4.43. The highest BCUT2D eigenvalue weighted by atomic mass is 35.5. The Hall–Kier alpha value is -1.16. The van der Waals surface area contributed by atoms with Crippen LogP contribution in [-0.2, 0) is 6.54 Å². The number of aromatic nitrogens is 1. The number of rotatable bonds is 4. The molecular weight excluding hydrogens is 284 g/mol. The van der Waals surface area contributed by atoms with Crippen LogP contribution in [0.4, 0.5) is 0 Å². The maximum absolute atomic E-state index is 9.19. The first-order valence-electron chi connectivity index (χ1n) is 7.63. The van der Waals surface area contributed by atoms with Gasteiger partial charge in [0.25, 0.3) is 0 Å². The summed E-state index contributed by atoms with van der Waals surface area (Å²) in [6.45, 7) is 1.12. The van der Waals surface area contributed by atoms with Gasteiger partial charge in [-0.2, -0.15) is 0 Å². The van der Waals surface area contributed by atoms with Gasteiger partial charge in [-0.3, -0.25) is 4.98 Å². The predicted molar refractivity (Wildman–Crippen MR) is 86.4 cm³/mol. The summed E-state index contributed by atoms with van der Waals surface area (Å²) in [5.41, 5.74) is 2.18. The number of pyridine rings is 1. The van der Waals surface area contributed by atoms with Gasteiger partial charge < -0.3 is 10.4 Å². The summed E-state index contributed by atoms with van der Waals surface area (Å²) >= 11 is 6.20. The van der Waals surface area contributed by atoms with Crippen LogP contribution in [-0.4, -0.2) is 22.7 Å². The zero-order chi connectivity index (χ0) is 14.7. The largest absolute Gasteiger partial charge is 0.396 e. The summed E-state index contributed by atoms with van der Waals surface area (Å²) in [4.78, 5) is 4.48. The molecule has 3 rings (SSSR count). The maximum Gasteiger partial charge on any atom is 0.0747 e. The molecule has 1 aliphatic carbocycles. The minimum Gasteiger partial charge on any atom is -0.396 e. The summed E-state index contributed by atoms with van der Waals surface area (Å²) in [6.07, 6.45) is 6.33. The van der Waals surface area contributed by atoms with Gasteiger partial charge in [-0.25, -0.2) is 0 Å². The Labute approximate surface area is 130 Å². The number of aliphatic hydroxyl groups is 1. The molecular formula is C17H21ClN2O. The first-order valence-corrected chi connectivity index (χ1v) is 8.01. The summed E-state index contributed by atoms with van der Waals surface area (Å²) in [5, 5.41) is 14.7. The van der Waals surface area contributed by atoms with Gasteiger partial charge in [0.1, 0.15) is 0 Å². The fraction of sp³-hybridized carbons (Fsp3) is 0.471. The first kappa shape index (κ1) is 14.8. The molecule has 1 aliphatic rings.